The molecule has 8 nitrogen and oxygen atoms in total. The summed E-state index contributed by atoms with van der Waals surface area (Å²) in [5, 5.41) is 24.2. The molecule has 0 bridgehead atoms. The van der Waals surface area contributed by atoms with Gasteiger partial charge in [0.2, 0.25) is 11.8 Å². The van der Waals surface area contributed by atoms with Gasteiger partial charge in [-0.3, -0.25) is 9.69 Å². The minimum atomic E-state index is -0.219. The Kier molecular flexibility index (Phi) is 6.67. The van der Waals surface area contributed by atoms with Crippen LogP contribution in [-0.2, 0) is 16.1 Å². The van der Waals surface area contributed by atoms with Crippen LogP contribution in [0.3, 0.4) is 0 Å². The van der Waals surface area contributed by atoms with Gasteiger partial charge in [0.25, 0.3) is 5.89 Å². The van der Waals surface area contributed by atoms with Crippen LogP contribution in [0.2, 0.25) is 0 Å². The van der Waals surface area contributed by atoms with Crippen LogP contribution >= 0.6 is 22.7 Å². The molecule has 3 rings (SSSR count). The average molecular weight is 403 g/mol. The van der Waals surface area contributed by atoms with Crippen LogP contribution in [-0.4, -0.2) is 47.8 Å². The van der Waals surface area contributed by atoms with E-state index >= 15 is 0 Å². The second-order valence-corrected chi connectivity index (χ2v) is 7.37. The van der Waals surface area contributed by atoms with Crippen molar-refractivity contribution >= 4 is 33.6 Å². The van der Waals surface area contributed by atoms with Crippen LogP contribution in [0.25, 0.3) is 10.8 Å². The van der Waals surface area contributed by atoms with E-state index in [1.165, 1.54) is 22.7 Å². The summed E-state index contributed by atoms with van der Waals surface area (Å²) < 4.78 is 10.8. The van der Waals surface area contributed by atoms with E-state index in [0.717, 1.165) is 4.88 Å². The molecule has 0 radical (unpaired) electrons. The maximum Gasteiger partial charge on any atom is 0.257 e. The van der Waals surface area contributed by atoms with Gasteiger partial charge in [-0.25, -0.2) is 0 Å². The van der Waals surface area contributed by atoms with Crippen molar-refractivity contribution in [3.8, 4) is 16.8 Å². The SMILES string of the molecule is COCCN(CC(=O)Nc1sccc1C#N)Cc1nnc(-c2cccs2)o1. The van der Waals surface area contributed by atoms with Gasteiger partial charge < -0.3 is 14.5 Å². The number of aromatic nitrogens is 2. The van der Waals surface area contributed by atoms with Gasteiger partial charge in [-0.15, -0.1) is 32.9 Å². The van der Waals surface area contributed by atoms with E-state index < -0.39 is 0 Å². The second-order valence-electron chi connectivity index (χ2n) is 5.51. The number of carbonyl (C=O) groups excluding carboxylic acids is 1. The number of anilines is 1. The Morgan fingerprint density at radius 2 is 2.26 bits per heavy atom. The number of thiophene rings is 2. The Bertz CT molecular complexity index is 913. The summed E-state index contributed by atoms with van der Waals surface area (Å²) in [5.74, 6) is 0.674. The van der Waals surface area contributed by atoms with E-state index in [-0.39, 0.29) is 12.5 Å². The molecule has 1 amide bonds. The minimum absolute atomic E-state index is 0.114. The summed E-state index contributed by atoms with van der Waals surface area (Å²) in [5.41, 5.74) is 0.453. The van der Waals surface area contributed by atoms with Crippen LogP contribution in [0, 0.1) is 11.3 Å². The first kappa shape index (κ1) is 19.2. The zero-order valence-corrected chi connectivity index (χ0v) is 16.2. The molecule has 1 N–H and O–H groups in total. The topological polar surface area (TPSA) is 104 Å². The lowest BCUT2D eigenvalue weighted by atomic mass is 10.3. The lowest BCUT2D eigenvalue weighted by Gasteiger charge is -2.19. The molecule has 3 aromatic rings. The molecule has 140 valence electrons. The Balaban J connectivity index is 1.63. The molecule has 0 saturated heterocycles. The van der Waals surface area contributed by atoms with Gasteiger partial charge in [-0.1, -0.05) is 6.07 Å². The first-order valence-corrected chi connectivity index (χ1v) is 9.80. The molecule has 0 aliphatic heterocycles. The van der Waals surface area contributed by atoms with Crippen molar-refractivity contribution in [3.63, 3.8) is 0 Å². The van der Waals surface area contributed by atoms with Crippen molar-refractivity contribution in [2.24, 2.45) is 0 Å². The summed E-state index contributed by atoms with van der Waals surface area (Å²) in [4.78, 5) is 15.1. The summed E-state index contributed by atoms with van der Waals surface area (Å²) in [7, 11) is 1.60. The van der Waals surface area contributed by atoms with Gasteiger partial charge in [0.15, 0.2) is 0 Å². The molecule has 3 heterocycles. The first-order valence-electron chi connectivity index (χ1n) is 8.04. The van der Waals surface area contributed by atoms with Crippen molar-refractivity contribution in [2.75, 3.05) is 32.1 Å². The quantitative estimate of drug-likeness (QED) is 0.586. The molecule has 0 unspecified atom stereocenters. The highest BCUT2D eigenvalue weighted by Gasteiger charge is 2.17. The largest absolute Gasteiger partial charge is 0.419 e. The monoisotopic (exact) mass is 403 g/mol. The van der Waals surface area contributed by atoms with Crippen molar-refractivity contribution in [1.29, 1.82) is 5.26 Å². The van der Waals surface area contributed by atoms with Gasteiger partial charge in [-0.05, 0) is 22.9 Å². The van der Waals surface area contributed by atoms with Crippen LogP contribution < -0.4 is 5.32 Å². The number of rotatable bonds is 9. The lowest BCUT2D eigenvalue weighted by molar-refractivity contribution is -0.117. The first-order chi connectivity index (χ1) is 13.2. The zero-order valence-electron chi connectivity index (χ0n) is 14.5. The van der Waals surface area contributed by atoms with Crippen LogP contribution in [0.4, 0.5) is 5.00 Å². The Morgan fingerprint density at radius 3 is 3.00 bits per heavy atom. The number of nitrogens with zero attached hydrogens (tertiary/aromatic N) is 4. The highest BCUT2D eigenvalue weighted by Crippen LogP contribution is 2.24. The van der Waals surface area contributed by atoms with Crippen molar-refractivity contribution < 1.29 is 13.9 Å². The number of ether oxygens (including phenoxy) is 1. The molecule has 27 heavy (non-hydrogen) atoms. The summed E-state index contributed by atoms with van der Waals surface area (Å²) in [6, 6.07) is 7.55. The van der Waals surface area contributed by atoms with E-state index in [0.29, 0.717) is 42.0 Å². The normalized spacial score (nSPS) is 10.9. The van der Waals surface area contributed by atoms with Gasteiger partial charge in [0, 0.05) is 13.7 Å². The second kappa shape index (κ2) is 9.38. The standard InChI is InChI=1S/C17H17N5O3S2/c1-24-6-5-22(10-14(23)19-17-12(9-18)4-8-27-17)11-15-20-21-16(25-15)13-3-2-7-26-13/h2-4,7-8H,5-6,10-11H2,1H3,(H,19,23). The number of hydrogen-bond donors (Lipinski definition) is 1. The number of methoxy groups -OCH3 is 1. The fourth-order valence-corrected chi connectivity index (χ4v) is 3.70. The molecule has 0 aromatic carbocycles. The fraction of sp³-hybridized carbons (Fsp3) is 0.294. The summed E-state index contributed by atoms with van der Waals surface area (Å²) >= 11 is 2.83. The summed E-state index contributed by atoms with van der Waals surface area (Å²) in [6.45, 7) is 1.42. The molecule has 3 aromatic heterocycles. The average Bonchev–Trinajstić information content (AvgIpc) is 3.40. The summed E-state index contributed by atoms with van der Waals surface area (Å²) in [6.07, 6.45) is 0. The molecule has 10 heteroatoms. The van der Waals surface area contributed by atoms with E-state index in [1.54, 1.807) is 18.6 Å². The van der Waals surface area contributed by atoms with Gasteiger partial charge >= 0.3 is 0 Å². The number of amides is 1. The zero-order chi connectivity index (χ0) is 19.1. The third-order valence-electron chi connectivity index (χ3n) is 3.58. The van der Waals surface area contributed by atoms with E-state index in [4.69, 9.17) is 14.4 Å². The van der Waals surface area contributed by atoms with Gasteiger partial charge in [0.1, 0.15) is 11.1 Å². The molecule has 0 spiro atoms. The third-order valence-corrected chi connectivity index (χ3v) is 5.26. The van der Waals surface area contributed by atoms with Crippen LogP contribution in [0.1, 0.15) is 11.5 Å². The fourth-order valence-electron chi connectivity index (χ4n) is 2.31. The Hall–Kier alpha value is -2.58. The number of carbonyl (C=O) groups is 1. The van der Waals surface area contributed by atoms with Crippen LogP contribution in [0.15, 0.2) is 33.4 Å². The van der Waals surface area contributed by atoms with Gasteiger partial charge in [-0.2, -0.15) is 5.26 Å². The highest BCUT2D eigenvalue weighted by molar-refractivity contribution is 7.14. The number of nitrogens with one attached hydrogen (secondary N) is 1. The van der Waals surface area contributed by atoms with Crippen LogP contribution in [0.5, 0.6) is 0 Å². The van der Waals surface area contributed by atoms with Crippen molar-refractivity contribution in [1.82, 2.24) is 15.1 Å². The minimum Gasteiger partial charge on any atom is -0.419 e. The van der Waals surface area contributed by atoms with E-state index in [9.17, 15) is 4.79 Å². The molecule has 0 aliphatic carbocycles. The molecule has 0 fully saturated rings. The molecular weight excluding hydrogens is 386 g/mol. The number of nitriles is 1. The Morgan fingerprint density at radius 1 is 1.37 bits per heavy atom. The predicted molar refractivity (Wildman–Crippen MR) is 102 cm³/mol. The Labute approximate surface area is 164 Å². The van der Waals surface area contributed by atoms with E-state index in [1.807, 2.05) is 22.4 Å². The lowest BCUT2D eigenvalue weighted by Crippen LogP contribution is -2.35. The number of hydrogen-bond acceptors (Lipinski definition) is 9. The maximum absolute atomic E-state index is 12.4. The van der Waals surface area contributed by atoms with Gasteiger partial charge in [0.05, 0.1) is 30.1 Å². The third kappa shape index (κ3) is 5.21. The maximum atomic E-state index is 12.4. The molecule has 0 atom stereocenters. The van der Waals surface area contributed by atoms with E-state index in [2.05, 4.69) is 21.6 Å². The molecule has 0 saturated carbocycles. The highest BCUT2D eigenvalue weighted by atomic mass is 32.1. The molecule has 0 aliphatic rings. The van der Waals surface area contributed by atoms with Crippen molar-refractivity contribution in [3.05, 3.63) is 40.4 Å². The smallest absolute Gasteiger partial charge is 0.257 e. The van der Waals surface area contributed by atoms with Crippen molar-refractivity contribution in [2.45, 2.75) is 6.54 Å². The predicted octanol–water partition coefficient (Wildman–Crippen LogP) is 2.82. The molecular formula is C17H17N5O3S2.